The highest BCUT2D eigenvalue weighted by molar-refractivity contribution is 5.88. The number of ether oxygens (including phenoxy) is 4. The van der Waals surface area contributed by atoms with Gasteiger partial charge >= 0.3 is 0 Å². The van der Waals surface area contributed by atoms with Gasteiger partial charge in [0, 0.05) is 32.2 Å². The minimum absolute atomic E-state index is 0.00156. The summed E-state index contributed by atoms with van der Waals surface area (Å²) >= 11 is 0. The molecule has 2 aliphatic rings. The monoisotopic (exact) mass is 650 g/mol. The van der Waals surface area contributed by atoms with Gasteiger partial charge in [0.2, 0.25) is 5.91 Å². The molecule has 10 atom stereocenters. The van der Waals surface area contributed by atoms with Crippen LogP contribution in [0.2, 0.25) is 0 Å². The van der Waals surface area contributed by atoms with Gasteiger partial charge < -0.3 is 54.9 Å². The molecule has 260 valence electrons. The molecular formula is C29H50N2O14. The minimum atomic E-state index is -1.47. The molecule has 2 saturated heterocycles. The zero-order valence-electron chi connectivity index (χ0n) is 26.2. The first-order valence-electron chi connectivity index (χ1n) is 15.4. The van der Waals surface area contributed by atoms with Gasteiger partial charge in [-0.05, 0) is 33.6 Å². The summed E-state index contributed by atoms with van der Waals surface area (Å²) in [5.41, 5.74) is 0. The molecule has 0 saturated carbocycles. The van der Waals surface area contributed by atoms with Crippen LogP contribution < -0.4 is 5.32 Å². The number of amides is 1. The van der Waals surface area contributed by atoms with Crippen LogP contribution in [0, 0.1) is 0 Å². The number of carbonyl (C=O) groups is 4. The molecule has 0 aromatic rings. The molecule has 16 nitrogen and oxygen atoms in total. The maximum Gasteiger partial charge on any atom is 0.220 e. The van der Waals surface area contributed by atoms with Crippen molar-refractivity contribution in [1.29, 1.82) is 0 Å². The molecule has 2 fully saturated rings. The smallest absolute Gasteiger partial charge is 0.220 e. The Labute approximate surface area is 262 Å². The average molecular weight is 651 g/mol. The van der Waals surface area contributed by atoms with E-state index in [1.54, 1.807) is 6.92 Å². The molecule has 0 bridgehead atoms. The second-order valence-corrected chi connectivity index (χ2v) is 11.5. The summed E-state index contributed by atoms with van der Waals surface area (Å²) in [7, 11) is 0. The second kappa shape index (κ2) is 19.6. The van der Waals surface area contributed by atoms with E-state index in [0.29, 0.717) is 6.54 Å². The third-order valence-electron chi connectivity index (χ3n) is 7.59. The number of carbonyl (C=O) groups excluding carboxylic acids is 4. The number of hydrogen-bond acceptors (Lipinski definition) is 15. The predicted molar refractivity (Wildman–Crippen MR) is 154 cm³/mol. The van der Waals surface area contributed by atoms with E-state index in [9.17, 15) is 49.8 Å². The Hall–Kier alpha value is -1.96. The van der Waals surface area contributed by atoms with Crippen LogP contribution in [0.25, 0.3) is 0 Å². The van der Waals surface area contributed by atoms with Gasteiger partial charge in [-0.2, -0.15) is 0 Å². The summed E-state index contributed by atoms with van der Waals surface area (Å²) in [6, 6.07) is 0. The van der Waals surface area contributed by atoms with Crippen LogP contribution in [-0.2, 0) is 38.1 Å². The van der Waals surface area contributed by atoms with Gasteiger partial charge in [-0.15, -0.1) is 0 Å². The van der Waals surface area contributed by atoms with Gasteiger partial charge in [-0.25, -0.2) is 0 Å². The molecule has 2 rings (SSSR count). The number of rotatable bonds is 20. The number of hydrogen-bond donors (Lipinski definition) is 7. The van der Waals surface area contributed by atoms with E-state index in [1.807, 2.05) is 0 Å². The van der Waals surface area contributed by atoms with Crippen molar-refractivity contribution in [1.82, 2.24) is 10.2 Å². The van der Waals surface area contributed by atoms with Crippen molar-refractivity contribution in [2.75, 3.05) is 39.4 Å². The average Bonchev–Trinajstić information content (AvgIpc) is 2.99. The standard InChI is InChI=1S/C29H50N2O14/c1-4-30-21(35)10-9-20(34)15-31(13-18(32)7-5-11-42-28-26(40)24(38)22(36)16(2)44-28)14-19(33)8-6-12-43-29-27(41)25(39)23(37)17(3)45-29/h16-17,22-29,36-41H,4-15H2,1-3H3,(H,30,35)/t16-,17-,22+,23+,24+,25+,26-,27-,28+,29+/m0/s1. The van der Waals surface area contributed by atoms with E-state index < -0.39 is 61.4 Å². The first kappa shape index (κ1) is 39.2. The molecular weight excluding hydrogens is 600 g/mol. The molecule has 0 unspecified atom stereocenters. The van der Waals surface area contributed by atoms with Crippen LogP contribution in [0.5, 0.6) is 0 Å². The van der Waals surface area contributed by atoms with Crippen molar-refractivity contribution >= 4 is 23.3 Å². The summed E-state index contributed by atoms with van der Waals surface area (Å²) in [4.78, 5) is 51.2. The fourth-order valence-corrected chi connectivity index (χ4v) is 4.93. The molecule has 0 aliphatic carbocycles. The van der Waals surface area contributed by atoms with Crippen molar-refractivity contribution in [3.8, 4) is 0 Å². The van der Waals surface area contributed by atoms with Gasteiger partial charge in [0.15, 0.2) is 12.6 Å². The van der Waals surface area contributed by atoms with Gasteiger partial charge in [-0.3, -0.25) is 24.1 Å². The Kier molecular flexibility index (Phi) is 17.1. The van der Waals surface area contributed by atoms with Gasteiger partial charge in [0.05, 0.1) is 45.1 Å². The summed E-state index contributed by atoms with van der Waals surface area (Å²) in [5.74, 6) is -1.15. The van der Waals surface area contributed by atoms with Gasteiger partial charge in [-0.1, -0.05) is 0 Å². The Morgan fingerprint density at radius 1 is 0.622 bits per heavy atom. The van der Waals surface area contributed by atoms with Crippen LogP contribution in [0.1, 0.15) is 59.3 Å². The van der Waals surface area contributed by atoms with Crippen molar-refractivity contribution in [3.63, 3.8) is 0 Å². The topological polar surface area (TPSA) is 242 Å². The van der Waals surface area contributed by atoms with Crippen LogP contribution in [-0.4, -0.2) is 160 Å². The lowest BCUT2D eigenvalue weighted by atomic mass is 10.00. The lowest BCUT2D eigenvalue weighted by Gasteiger charge is -2.38. The van der Waals surface area contributed by atoms with Gasteiger partial charge in [0.25, 0.3) is 0 Å². The van der Waals surface area contributed by atoms with E-state index in [2.05, 4.69) is 5.32 Å². The van der Waals surface area contributed by atoms with Crippen molar-refractivity contribution in [2.24, 2.45) is 0 Å². The maximum absolute atomic E-state index is 12.7. The first-order valence-corrected chi connectivity index (χ1v) is 15.4. The summed E-state index contributed by atoms with van der Waals surface area (Å²) < 4.78 is 21.6. The minimum Gasteiger partial charge on any atom is -0.388 e. The van der Waals surface area contributed by atoms with E-state index in [-0.39, 0.29) is 94.6 Å². The number of nitrogens with one attached hydrogen (secondary N) is 1. The molecule has 0 aromatic heterocycles. The van der Waals surface area contributed by atoms with Crippen molar-refractivity contribution < 1.29 is 68.8 Å². The van der Waals surface area contributed by atoms with Gasteiger partial charge in [0.1, 0.15) is 54.0 Å². The van der Waals surface area contributed by atoms with Crippen LogP contribution in [0.4, 0.5) is 0 Å². The molecule has 0 spiro atoms. The summed E-state index contributed by atoms with van der Waals surface area (Å²) in [6.45, 7) is 4.59. The molecule has 7 N–H and O–H groups in total. The SMILES string of the molecule is CCNC(=O)CCC(=O)CN(CC(=O)CCCO[C@@H]1O[C@@H](C)[C@@H](O)[C@@H](O)[C@@H]1O)CC(=O)CCCO[C@@H]1O[C@@H](C)[C@@H](O)[C@@H](O)[C@@H]1O. The highest BCUT2D eigenvalue weighted by Gasteiger charge is 2.43. The van der Waals surface area contributed by atoms with E-state index in [0.717, 1.165) is 0 Å². The number of nitrogens with zero attached hydrogens (tertiary/aromatic N) is 1. The van der Waals surface area contributed by atoms with Crippen molar-refractivity contribution in [3.05, 3.63) is 0 Å². The lowest BCUT2D eigenvalue weighted by molar-refractivity contribution is -0.293. The molecule has 45 heavy (non-hydrogen) atoms. The van der Waals surface area contributed by atoms with Crippen LogP contribution >= 0.6 is 0 Å². The molecule has 2 heterocycles. The largest absolute Gasteiger partial charge is 0.388 e. The molecule has 2 aliphatic heterocycles. The predicted octanol–water partition coefficient (Wildman–Crippen LogP) is -2.84. The normalized spacial score (nSPS) is 32.0. The highest BCUT2D eigenvalue weighted by Crippen LogP contribution is 2.23. The number of aliphatic hydroxyl groups is 6. The van der Waals surface area contributed by atoms with Crippen LogP contribution in [0.15, 0.2) is 0 Å². The maximum atomic E-state index is 12.7. The van der Waals surface area contributed by atoms with Crippen molar-refractivity contribution in [2.45, 2.75) is 121 Å². The number of aliphatic hydroxyl groups excluding tert-OH is 6. The number of ketones is 3. The molecule has 0 radical (unpaired) electrons. The Morgan fingerprint density at radius 2 is 1.02 bits per heavy atom. The zero-order valence-corrected chi connectivity index (χ0v) is 26.2. The Balaban J connectivity index is 1.83. The second-order valence-electron chi connectivity index (χ2n) is 11.5. The summed E-state index contributed by atoms with van der Waals surface area (Å²) in [5, 5.41) is 62.1. The quantitative estimate of drug-likeness (QED) is 0.0657. The highest BCUT2D eigenvalue weighted by atomic mass is 16.7. The fourth-order valence-electron chi connectivity index (χ4n) is 4.93. The Bertz CT molecular complexity index is 898. The molecule has 0 aromatic carbocycles. The van der Waals surface area contributed by atoms with Crippen LogP contribution in [0.3, 0.4) is 0 Å². The third kappa shape index (κ3) is 13.0. The third-order valence-corrected chi connectivity index (χ3v) is 7.59. The fraction of sp³-hybridized carbons (Fsp3) is 0.862. The Morgan fingerprint density at radius 3 is 1.42 bits per heavy atom. The summed E-state index contributed by atoms with van der Waals surface area (Å²) in [6.07, 6.45) is -11.8. The molecule has 1 amide bonds. The van der Waals surface area contributed by atoms with E-state index in [4.69, 9.17) is 18.9 Å². The molecule has 16 heteroatoms. The number of Topliss-reactive ketones (excluding diaryl/α,β-unsaturated/α-hetero) is 3. The zero-order chi connectivity index (χ0) is 33.7. The van der Waals surface area contributed by atoms with E-state index >= 15 is 0 Å². The lowest BCUT2D eigenvalue weighted by Crippen LogP contribution is -2.57. The first-order chi connectivity index (χ1) is 21.2. The van der Waals surface area contributed by atoms with E-state index in [1.165, 1.54) is 18.7 Å².